The molecule has 0 radical (unpaired) electrons. The maximum atomic E-state index is 12.9. The molecule has 0 aromatic heterocycles. The number of benzene rings is 2. The zero-order valence-corrected chi connectivity index (χ0v) is 22.3. The molecule has 1 aliphatic rings. The van der Waals surface area contributed by atoms with E-state index in [1.807, 2.05) is 0 Å². The van der Waals surface area contributed by atoms with Crippen molar-refractivity contribution >= 4 is 31.6 Å². The van der Waals surface area contributed by atoms with Gasteiger partial charge in [-0.25, -0.2) is 16.8 Å². The summed E-state index contributed by atoms with van der Waals surface area (Å²) in [4.78, 5) is 13.1. The Balaban J connectivity index is 1.57. The van der Waals surface area contributed by atoms with Crippen LogP contribution < -0.4 is 19.1 Å². The number of methoxy groups -OCH3 is 1. The Kier molecular flexibility index (Phi) is 9.20. The highest BCUT2D eigenvalue weighted by molar-refractivity contribution is 7.92. The van der Waals surface area contributed by atoms with Crippen LogP contribution in [0.3, 0.4) is 0 Å². The lowest BCUT2D eigenvalue weighted by molar-refractivity contribution is -0.122. The molecule has 0 saturated carbocycles. The van der Waals surface area contributed by atoms with Crippen molar-refractivity contribution in [2.24, 2.45) is 0 Å². The predicted octanol–water partition coefficient (Wildman–Crippen LogP) is 2.22. The number of carbonyl (C=O) groups is 1. The second kappa shape index (κ2) is 11.9. The quantitative estimate of drug-likeness (QED) is 0.411. The lowest BCUT2D eigenvalue weighted by Gasteiger charge is -2.30. The van der Waals surface area contributed by atoms with Crippen LogP contribution in [-0.4, -0.2) is 72.7 Å². The van der Waals surface area contributed by atoms with Crippen molar-refractivity contribution in [3.05, 3.63) is 48.5 Å². The van der Waals surface area contributed by atoms with Crippen molar-refractivity contribution in [1.29, 1.82) is 0 Å². The van der Waals surface area contributed by atoms with E-state index in [-0.39, 0.29) is 24.5 Å². The van der Waals surface area contributed by atoms with Gasteiger partial charge in [0.2, 0.25) is 26.0 Å². The summed E-state index contributed by atoms with van der Waals surface area (Å²) >= 11 is 0. The van der Waals surface area contributed by atoms with Crippen molar-refractivity contribution in [3.8, 4) is 11.5 Å². The molecule has 1 aliphatic heterocycles. The molecule has 0 aliphatic carbocycles. The molecular formula is C24H33N3O7S2. The van der Waals surface area contributed by atoms with Crippen LogP contribution >= 0.6 is 0 Å². The zero-order valence-electron chi connectivity index (χ0n) is 20.7. The first kappa shape index (κ1) is 27.8. The third kappa shape index (κ3) is 6.68. The number of anilines is 1. The molecule has 0 unspecified atom stereocenters. The van der Waals surface area contributed by atoms with Gasteiger partial charge in [-0.3, -0.25) is 9.10 Å². The number of nitrogens with one attached hydrogen (secondary N) is 1. The minimum absolute atomic E-state index is 0.127. The van der Waals surface area contributed by atoms with Crippen molar-refractivity contribution < 1.29 is 31.1 Å². The third-order valence-corrected chi connectivity index (χ3v) is 8.95. The average Bonchev–Trinajstić information content (AvgIpc) is 3.41. The average molecular weight is 540 g/mol. The summed E-state index contributed by atoms with van der Waals surface area (Å²) in [5, 5.41) is 2.72. The molecule has 1 atom stereocenters. The SMILES string of the molecule is CC[C@@H](C(=O)NCCOc1ccc(S(=O)(=O)N2CCCC2)cc1)N(c1ccc(OC)cc1)S(C)(=O)=O. The summed E-state index contributed by atoms with van der Waals surface area (Å²) < 4.78 is 63.6. The second-order valence-electron chi connectivity index (χ2n) is 8.40. The highest BCUT2D eigenvalue weighted by atomic mass is 32.2. The molecule has 1 fully saturated rings. The molecule has 3 rings (SSSR count). The Hall–Kier alpha value is -2.83. The van der Waals surface area contributed by atoms with Gasteiger partial charge < -0.3 is 14.8 Å². The first-order valence-corrected chi connectivity index (χ1v) is 15.0. The smallest absolute Gasteiger partial charge is 0.244 e. The molecule has 2 aromatic rings. The molecule has 0 bridgehead atoms. The van der Waals surface area contributed by atoms with Gasteiger partial charge in [0.25, 0.3) is 0 Å². The van der Waals surface area contributed by atoms with Crippen LogP contribution in [0.15, 0.2) is 53.4 Å². The molecule has 1 N–H and O–H groups in total. The summed E-state index contributed by atoms with van der Waals surface area (Å²) in [5.41, 5.74) is 0.362. The lowest BCUT2D eigenvalue weighted by atomic mass is 10.2. The lowest BCUT2D eigenvalue weighted by Crippen LogP contribution is -2.50. The molecule has 2 aromatic carbocycles. The number of rotatable bonds is 12. The molecule has 1 heterocycles. The number of sulfonamides is 2. The monoisotopic (exact) mass is 539 g/mol. The van der Waals surface area contributed by atoms with Gasteiger partial charge in [0.1, 0.15) is 24.1 Å². The molecule has 10 nitrogen and oxygen atoms in total. The van der Waals surface area contributed by atoms with Crippen molar-refractivity contribution in [3.63, 3.8) is 0 Å². The Bertz CT molecular complexity index is 1230. The molecular weight excluding hydrogens is 506 g/mol. The van der Waals surface area contributed by atoms with Crippen molar-refractivity contribution in [2.75, 3.05) is 43.9 Å². The first-order valence-electron chi connectivity index (χ1n) is 11.7. The minimum atomic E-state index is -3.74. The van der Waals surface area contributed by atoms with E-state index in [1.165, 1.54) is 23.5 Å². The predicted molar refractivity (Wildman–Crippen MR) is 137 cm³/mol. The van der Waals surface area contributed by atoms with Crippen LogP contribution in [0.25, 0.3) is 0 Å². The van der Waals surface area contributed by atoms with E-state index in [1.54, 1.807) is 43.3 Å². The Morgan fingerprint density at radius 3 is 2.11 bits per heavy atom. The number of amides is 1. The Labute approximate surface area is 213 Å². The van der Waals surface area contributed by atoms with Crippen molar-refractivity contribution in [1.82, 2.24) is 9.62 Å². The molecule has 198 valence electrons. The summed E-state index contributed by atoms with van der Waals surface area (Å²) in [7, 11) is -5.72. The highest BCUT2D eigenvalue weighted by Crippen LogP contribution is 2.25. The number of hydrogen-bond donors (Lipinski definition) is 1. The second-order valence-corrected chi connectivity index (χ2v) is 12.2. The van der Waals surface area contributed by atoms with E-state index in [4.69, 9.17) is 9.47 Å². The van der Waals surface area contributed by atoms with E-state index in [0.29, 0.717) is 30.3 Å². The highest BCUT2D eigenvalue weighted by Gasteiger charge is 2.31. The van der Waals surface area contributed by atoms with Gasteiger partial charge >= 0.3 is 0 Å². The summed E-state index contributed by atoms with van der Waals surface area (Å²) in [6.07, 6.45) is 3.06. The molecule has 1 amide bonds. The fourth-order valence-electron chi connectivity index (χ4n) is 4.04. The fraction of sp³-hybridized carbons (Fsp3) is 0.458. The fourth-order valence-corrected chi connectivity index (χ4v) is 6.76. The van der Waals surface area contributed by atoms with E-state index >= 15 is 0 Å². The molecule has 0 spiro atoms. The van der Waals surface area contributed by atoms with Crippen LogP contribution in [0.5, 0.6) is 11.5 Å². The van der Waals surface area contributed by atoms with E-state index < -0.39 is 32.0 Å². The summed E-state index contributed by atoms with van der Waals surface area (Å²) in [5.74, 6) is 0.589. The normalized spacial score (nSPS) is 15.3. The summed E-state index contributed by atoms with van der Waals surface area (Å²) in [6.45, 7) is 3.08. The van der Waals surface area contributed by atoms with Crippen LogP contribution in [0.1, 0.15) is 26.2 Å². The third-order valence-electron chi connectivity index (χ3n) is 5.85. The van der Waals surface area contributed by atoms with E-state index in [9.17, 15) is 21.6 Å². The van der Waals surface area contributed by atoms with Crippen LogP contribution in [0.2, 0.25) is 0 Å². The minimum Gasteiger partial charge on any atom is -0.497 e. The largest absolute Gasteiger partial charge is 0.497 e. The van der Waals surface area contributed by atoms with Crippen LogP contribution in [0, 0.1) is 0 Å². The topological polar surface area (TPSA) is 122 Å². The standard InChI is InChI=1S/C24H33N3O7S2/c1-4-23(27(35(3,29)30)19-7-9-20(33-2)10-8-19)24(28)25-15-18-34-21-11-13-22(14-12-21)36(31,32)26-16-5-6-17-26/h7-14,23H,4-6,15-18H2,1-3H3,(H,25,28)/t23-/m0/s1. The van der Waals surface area contributed by atoms with Gasteiger partial charge in [-0.2, -0.15) is 4.31 Å². The Morgan fingerprint density at radius 2 is 1.58 bits per heavy atom. The maximum absolute atomic E-state index is 12.9. The molecule has 36 heavy (non-hydrogen) atoms. The van der Waals surface area contributed by atoms with Crippen LogP contribution in [0.4, 0.5) is 5.69 Å². The number of hydrogen-bond acceptors (Lipinski definition) is 7. The van der Waals surface area contributed by atoms with E-state index in [2.05, 4.69) is 5.32 Å². The van der Waals surface area contributed by atoms with Gasteiger partial charge in [0, 0.05) is 13.1 Å². The van der Waals surface area contributed by atoms with Gasteiger partial charge in [0.15, 0.2) is 0 Å². The molecule has 12 heteroatoms. The number of nitrogens with zero attached hydrogens (tertiary/aromatic N) is 2. The van der Waals surface area contributed by atoms with Gasteiger partial charge in [-0.15, -0.1) is 0 Å². The van der Waals surface area contributed by atoms with Gasteiger partial charge in [-0.05, 0) is 67.8 Å². The van der Waals surface area contributed by atoms with Crippen molar-refractivity contribution in [2.45, 2.75) is 37.1 Å². The van der Waals surface area contributed by atoms with Crippen LogP contribution in [-0.2, 0) is 24.8 Å². The zero-order chi connectivity index (χ0) is 26.3. The van der Waals surface area contributed by atoms with Gasteiger partial charge in [0.05, 0.1) is 30.5 Å². The molecule has 1 saturated heterocycles. The Morgan fingerprint density at radius 1 is 1.00 bits per heavy atom. The summed E-state index contributed by atoms with van der Waals surface area (Å²) in [6, 6.07) is 11.7. The maximum Gasteiger partial charge on any atom is 0.244 e. The number of ether oxygens (including phenoxy) is 2. The number of carbonyl (C=O) groups excluding carboxylic acids is 1. The first-order chi connectivity index (χ1) is 17.1. The van der Waals surface area contributed by atoms with Gasteiger partial charge in [-0.1, -0.05) is 6.92 Å². The van der Waals surface area contributed by atoms with E-state index in [0.717, 1.165) is 23.4 Å².